The van der Waals surface area contributed by atoms with E-state index in [0.29, 0.717) is 6.54 Å². The number of nitrogens with one attached hydrogen (secondary N) is 1. The highest BCUT2D eigenvalue weighted by atomic mass is 19.1. The molecule has 0 bridgehead atoms. The van der Waals surface area contributed by atoms with Gasteiger partial charge in [0.25, 0.3) is 5.95 Å². The Kier molecular flexibility index (Phi) is 2.80. The molecule has 0 fully saturated rings. The highest BCUT2D eigenvalue weighted by molar-refractivity contribution is 5.31. The second-order valence-corrected chi connectivity index (χ2v) is 4.11. The summed E-state index contributed by atoms with van der Waals surface area (Å²) >= 11 is 0. The van der Waals surface area contributed by atoms with Crippen LogP contribution in [0.15, 0.2) is 12.4 Å². The number of hydrogen-bond acceptors (Lipinski definition) is 3. The third-order valence-electron chi connectivity index (χ3n) is 1.44. The maximum atomic E-state index is 12.9. The molecule has 1 aromatic rings. The Hall–Kier alpha value is -1.19. The topological polar surface area (TPSA) is 37.8 Å². The molecule has 1 aromatic heterocycles. The van der Waals surface area contributed by atoms with Crippen molar-refractivity contribution in [3.8, 4) is 0 Å². The molecule has 0 aliphatic heterocycles. The van der Waals surface area contributed by atoms with Crippen molar-refractivity contribution in [2.75, 3.05) is 11.9 Å². The SMILES string of the molecule is CC(C)(C)CNc1nccnc1F. The molecule has 0 aromatic carbocycles. The van der Waals surface area contributed by atoms with Gasteiger partial charge in [-0.05, 0) is 5.41 Å². The number of hydrogen-bond donors (Lipinski definition) is 1. The zero-order valence-corrected chi connectivity index (χ0v) is 8.13. The van der Waals surface area contributed by atoms with Crippen LogP contribution in [0.3, 0.4) is 0 Å². The van der Waals surface area contributed by atoms with Crippen LogP contribution in [0.5, 0.6) is 0 Å². The third-order valence-corrected chi connectivity index (χ3v) is 1.44. The zero-order valence-electron chi connectivity index (χ0n) is 8.13. The van der Waals surface area contributed by atoms with Crippen LogP contribution in [0.1, 0.15) is 20.8 Å². The molecule has 3 nitrogen and oxygen atoms in total. The van der Waals surface area contributed by atoms with Crippen molar-refractivity contribution in [2.45, 2.75) is 20.8 Å². The highest BCUT2D eigenvalue weighted by Crippen LogP contribution is 2.14. The lowest BCUT2D eigenvalue weighted by Crippen LogP contribution is -2.20. The third kappa shape index (κ3) is 3.36. The molecule has 72 valence electrons. The molecule has 1 N–H and O–H groups in total. The molecule has 0 unspecified atom stereocenters. The first-order chi connectivity index (χ1) is 5.99. The van der Waals surface area contributed by atoms with Gasteiger partial charge in [-0.15, -0.1) is 0 Å². The van der Waals surface area contributed by atoms with Crippen molar-refractivity contribution in [3.63, 3.8) is 0 Å². The van der Waals surface area contributed by atoms with Gasteiger partial charge in [-0.25, -0.2) is 9.97 Å². The maximum Gasteiger partial charge on any atom is 0.255 e. The molecule has 1 heterocycles. The van der Waals surface area contributed by atoms with Crippen LogP contribution >= 0.6 is 0 Å². The van der Waals surface area contributed by atoms with Gasteiger partial charge in [0.15, 0.2) is 5.82 Å². The second-order valence-electron chi connectivity index (χ2n) is 4.11. The molecule has 0 saturated heterocycles. The minimum absolute atomic E-state index is 0.101. The van der Waals surface area contributed by atoms with Crippen molar-refractivity contribution in [1.82, 2.24) is 9.97 Å². The summed E-state index contributed by atoms with van der Waals surface area (Å²) in [4.78, 5) is 7.32. The van der Waals surface area contributed by atoms with Gasteiger partial charge in [0.05, 0.1) is 0 Å². The highest BCUT2D eigenvalue weighted by Gasteiger charge is 2.11. The van der Waals surface area contributed by atoms with Gasteiger partial charge in [0, 0.05) is 18.9 Å². The summed E-state index contributed by atoms with van der Waals surface area (Å²) in [5.41, 5.74) is 0.101. The Labute approximate surface area is 77.4 Å². The Bertz CT molecular complexity index is 280. The smallest absolute Gasteiger partial charge is 0.255 e. The molecule has 0 aliphatic carbocycles. The molecule has 0 atom stereocenters. The molecular weight excluding hydrogens is 169 g/mol. The number of nitrogens with zero attached hydrogens (tertiary/aromatic N) is 2. The molecular formula is C9H14FN3. The summed E-state index contributed by atoms with van der Waals surface area (Å²) in [6, 6.07) is 0. The normalized spacial score (nSPS) is 11.4. The van der Waals surface area contributed by atoms with Crippen LogP contribution in [-0.2, 0) is 0 Å². The molecule has 13 heavy (non-hydrogen) atoms. The first kappa shape index (κ1) is 9.89. The Morgan fingerprint density at radius 2 is 1.92 bits per heavy atom. The van der Waals surface area contributed by atoms with E-state index < -0.39 is 5.95 Å². The van der Waals surface area contributed by atoms with Gasteiger partial charge < -0.3 is 5.32 Å². The molecule has 1 rings (SSSR count). The summed E-state index contributed by atoms with van der Waals surface area (Å²) in [5, 5.41) is 2.90. The lowest BCUT2D eigenvalue weighted by atomic mass is 9.97. The van der Waals surface area contributed by atoms with Gasteiger partial charge in [0.2, 0.25) is 0 Å². The molecule has 0 spiro atoms. The van der Waals surface area contributed by atoms with Gasteiger partial charge in [-0.3, -0.25) is 0 Å². The van der Waals surface area contributed by atoms with Crippen LogP contribution in [0.2, 0.25) is 0 Å². The summed E-state index contributed by atoms with van der Waals surface area (Å²) in [5.74, 6) is -0.329. The Balaban J connectivity index is 2.60. The predicted molar refractivity (Wildman–Crippen MR) is 49.9 cm³/mol. The van der Waals surface area contributed by atoms with E-state index in [2.05, 4.69) is 36.1 Å². The second kappa shape index (κ2) is 3.68. The van der Waals surface area contributed by atoms with E-state index in [9.17, 15) is 4.39 Å². The average Bonchev–Trinajstić information content (AvgIpc) is 2.01. The largest absolute Gasteiger partial charge is 0.366 e. The summed E-state index contributed by atoms with van der Waals surface area (Å²) < 4.78 is 12.9. The molecule has 0 saturated carbocycles. The summed E-state index contributed by atoms with van der Waals surface area (Å²) in [7, 11) is 0. The van der Waals surface area contributed by atoms with Crippen LogP contribution in [0.25, 0.3) is 0 Å². The summed E-state index contributed by atoms with van der Waals surface area (Å²) in [6.07, 6.45) is 2.80. The Morgan fingerprint density at radius 3 is 2.46 bits per heavy atom. The molecule has 4 heteroatoms. The number of halogens is 1. The summed E-state index contributed by atoms with van der Waals surface area (Å²) in [6.45, 7) is 6.86. The van der Waals surface area contributed by atoms with Crippen molar-refractivity contribution in [3.05, 3.63) is 18.3 Å². The van der Waals surface area contributed by atoms with Gasteiger partial charge in [-0.1, -0.05) is 20.8 Å². The lowest BCUT2D eigenvalue weighted by Gasteiger charge is -2.18. The van der Waals surface area contributed by atoms with E-state index in [1.807, 2.05) is 0 Å². The Morgan fingerprint density at radius 1 is 1.31 bits per heavy atom. The lowest BCUT2D eigenvalue weighted by molar-refractivity contribution is 0.440. The van der Waals surface area contributed by atoms with Crippen LogP contribution in [-0.4, -0.2) is 16.5 Å². The average molecular weight is 183 g/mol. The van der Waals surface area contributed by atoms with Crippen LogP contribution in [0, 0.1) is 11.4 Å². The fraction of sp³-hybridized carbons (Fsp3) is 0.556. The fourth-order valence-corrected chi connectivity index (χ4v) is 0.789. The van der Waals surface area contributed by atoms with Crippen LogP contribution < -0.4 is 5.32 Å². The van der Waals surface area contributed by atoms with E-state index in [4.69, 9.17) is 0 Å². The standard InChI is InChI=1S/C9H14FN3/c1-9(2,3)6-13-8-7(10)11-4-5-12-8/h4-5H,6H2,1-3H3,(H,12,13). The van der Waals surface area contributed by atoms with Crippen molar-refractivity contribution in [2.24, 2.45) is 5.41 Å². The van der Waals surface area contributed by atoms with E-state index >= 15 is 0 Å². The van der Waals surface area contributed by atoms with Crippen molar-refractivity contribution in [1.29, 1.82) is 0 Å². The minimum Gasteiger partial charge on any atom is -0.366 e. The molecule has 0 aliphatic rings. The fourth-order valence-electron chi connectivity index (χ4n) is 0.789. The van der Waals surface area contributed by atoms with Gasteiger partial charge in [-0.2, -0.15) is 4.39 Å². The predicted octanol–water partition coefficient (Wildman–Crippen LogP) is 2.07. The number of rotatable bonds is 2. The number of aromatic nitrogens is 2. The molecule has 0 amide bonds. The maximum absolute atomic E-state index is 12.9. The van der Waals surface area contributed by atoms with E-state index in [0.717, 1.165) is 0 Å². The first-order valence-corrected chi connectivity index (χ1v) is 4.19. The van der Waals surface area contributed by atoms with E-state index in [1.165, 1.54) is 12.4 Å². The monoisotopic (exact) mass is 183 g/mol. The molecule has 0 radical (unpaired) electrons. The number of anilines is 1. The van der Waals surface area contributed by atoms with Gasteiger partial charge in [0.1, 0.15) is 0 Å². The van der Waals surface area contributed by atoms with Crippen molar-refractivity contribution >= 4 is 5.82 Å². The first-order valence-electron chi connectivity index (χ1n) is 4.19. The van der Waals surface area contributed by atoms with Crippen LogP contribution in [0.4, 0.5) is 10.2 Å². The van der Waals surface area contributed by atoms with Gasteiger partial charge >= 0.3 is 0 Å². The van der Waals surface area contributed by atoms with E-state index in [-0.39, 0.29) is 11.2 Å². The quantitative estimate of drug-likeness (QED) is 0.762. The minimum atomic E-state index is -0.549. The van der Waals surface area contributed by atoms with Crippen molar-refractivity contribution < 1.29 is 4.39 Å². The van der Waals surface area contributed by atoms with E-state index in [1.54, 1.807) is 0 Å². The zero-order chi connectivity index (χ0) is 9.90.